The van der Waals surface area contributed by atoms with Crippen molar-refractivity contribution in [1.29, 1.82) is 0 Å². The lowest BCUT2D eigenvalue weighted by Crippen LogP contribution is -2.37. The predicted octanol–water partition coefficient (Wildman–Crippen LogP) is 1.50. The number of hydrogen-bond donors (Lipinski definition) is 1. The summed E-state index contributed by atoms with van der Waals surface area (Å²) in [5.74, 6) is 1.49. The van der Waals surface area contributed by atoms with Gasteiger partial charge in [-0.2, -0.15) is 10.1 Å². The molecule has 2 heterocycles. The maximum absolute atomic E-state index is 11.7. The van der Waals surface area contributed by atoms with Gasteiger partial charge in [0.05, 0.1) is 17.7 Å². The maximum atomic E-state index is 11.7. The van der Waals surface area contributed by atoms with Crippen molar-refractivity contribution in [1.82, 2.24) is 15.2 Å². The Labute approximate surface area is 142 Å². The van der Waals surface area contributed by atoms with Gasteiger partial charge < -0.3 is 10.2 Å². The number of aromatic nitrogens is 3. The van der Waals surface area contributed by atoms with Crippen LogP contribution in [0.2, 0.25) is 0 Å². The first-order chi connectivity index (χ1) is 11.6. The quantitative estimate of drug-likeness (QED) is 0.847. The molecule has 1 aliphatic rings. The van der Waals surface area contributed by atoms with Crippen molar-refractivity contribution in [3.8, 4) is 0 Å². The first-order valence-electron chi connectivity index (χ1n) is 8.02. The van der Waals surface area contributed by atoms with Gasteiger partial charge in [0.15, 0.2) is 15.7 Å². The second-order valence-electron chi connectivity index (χ2n) is 5.82. The van der Waals surface area contributed by atoms with Crippen molar-refractivity contribution in [3.63, 3.8) is 0 Å². The molecule has 24 heavy (non-hydrogen) atoms. The van der Waals surface area contributed by atoms with E-state index in [-0.39, 0.29) is 17.5 Å². The average Bonchev–Trinajstić information content (AvgIpc) is 2.95. The summed E-state index contributed by atoms with van der Waals surface area (Å²) in [4.78, 5) is 6.42. The number of benzene rings is 1. The minimum Gasteiger partial charge on any atom is -0.365 e. The van der Waals surface area contributed by atoms with E-state index in [2.05, 4.69) is 20.5 Å². The van der Waals surface area contributed by atoms with Gasteiger partial charge in [0.25, 0.3) is 0 Å². The van der Waals surface area contributed by atoms with Crippen LogP contribution >= 0.6 is 0 Å². The molecule has 0 bridgehead atoms. The van der Waals surface area contributed by atoms with E-state index in [4.69, 9.17) is 0 Å². The van der Waals surface area contributed by atoms with Gasteiger partial charge in [-0.1, -0.05) is 30.3 Å². The molecular weight excluding hydrogens is 326 g/mol. The first-order valence-corrected chi connectivity index (χ1v) is 9.84. The van der Waals surface area contributed by atoms with Gasteiger partial charge in [-0.15, -0.1) is 5.10 Å². The molecule has 0 amide bonds. The number of sulfone groups is 1. The van der Waals surface area contributed by atoms with Crippen LogP contribution in [0, 0.1) is 0 Å². The van der Waals surface area contributed by atoms with E-state index in [1.165, 1.54) is 0 Å². The van der Waals surface area contributed by atoms with E-state index in [1.54, 1.807) is 6.20 Å². The maximum Gasteiger partial charge on any atom is 0.247 e. The third kappa shape index (κ3) is 4.00. The molecule has 0 spiro atoms. The Morgan fingerprint density at radius 2 is 2.08 bits per heavy atom. The van der Waals surface area contributed by atoms with Gasteiger partial charge in [0.1, 0.15) is 0 Å². The number of anilines is 2. The molecule has 0 aliphatic carbocycles. The minimum absolute atomic E-state index is 0.0776. The molecule has 1 N–H and O–H groups in total. The van der Waals surface area contributed by atoms with Crippen LogP contribution in [0.1, 0.15) is 18.9 Å². The lowest BCUT2D eigenvalue weighted by Gasteiger charge is -2.26. The van der Waals surface area contributed by atoms with Crippen molar-refractivity contribution >= 4 is 21.6 Å². The van der Waals surface area contributed by atoms with Gasteiger partial charge >= 0.3 is 0 Å². The summed E-state index contributed by atoms with van der Waals surface area (Å²) >= 11 is 0. The van der Waals surface area contributed by atoms with E-state index in [0.717, 1.165) is 5.56 Å². The van der Waals surface area contributed by atoms with Crippen molar-refractivity contribution in [2.45, 2.75) is 25.9 Å². The highest BCUT2D eigenvalue weighted by Crippen LogP contribution is 2.21. The van der Waals surface area contributed by atoms with Gasteiger partial charge in [-0.05, 0) is 18.9 Å². The molecule has 128 valence electrons. The van der Waals surface area contributed by atoms with Crippen molar-refractivity contribution in [3.05, 3.63) is 42.1 Å². The molecule has 2 aromatic rings. The van der Waals surface area contributed by atoms with Crippen LogP contribution in [0.5, 0.6) is 0 Å². The average molecular weight is 347 g/mol. The summed E-state index contributed by atoms with van der Waals surface area (Å²) in [5, 5.41) is 11.3. The third-order valence-electron chi connectivity index (χ3n) is 4.11. The summed E-state index contributed by atoms with van der Waals surface area (Å²) < 4.78 is 23.4. The zero-order valence-electron chi connectivity index (χ0n) is 13.6. The summed E-state index contributed by atoms with van der Waals surface area (Å²) in [7, 11) is -2.95. The Kier molecular flexibility index (Phi) is 4.94. The molecule has 7 nitrogen and oxygen atoms in total. The SMILES string of the molecule is CCN(c1nncc(NCc2ccccc2)n1)C1CCS(=O)(=O)C1. The molecule has 3 rings (SSSR count). The van der Waals surface area contributed by atoms with E-state index >= 15 is 0 Å². The van der Waals surface area contributed by atoms with Crippen LogP contribution in [-0.2, 0) is 16.4 Å². The second kappa shape index (κ2) is 7.12. The van der Waals surface area contributed by atoms with E-state index in [9.17, 15) is 8.42 Å². The monoisotopic (exact) mass is 347 g/mol. The second-order valence-corrected chi connectivity index (χ2v) is 8.05. The topological polar surface area (TPSA) is 88.1 Å². The van der Waals surface area contributed by atoms with E-state index in [0.29, 0.717) is 31.3 Å². The summed E-state index contributed by atoms with van der Waals surface area (Å²) in [5.41, 5.74) is 1.15. The Bertz CT molecular complexity index is 782. The van der Waals surface area contributed by atoms with Gasteiger partial charge in [0.2, 0.25) is 5.95 Å². The number of rotatable bonds is 6. The molecule has 1 unspecified atom stereocenters. The zero-order chi connectivity index (χ0) is 17.0. The van der Waals surface area contributed by atoms with Crippen LogP contribution in [-0.4, -0.2) is 47.7 Å². The van der Waals surface area contributed by atoms with Gasteiger partial charge in [-0.25, -0.2) is 8.42 Å². The third-order valence-corrected chi connectivity index (χ3v) is 5.86. The molecule has 8 heteroatoms. The predicted molar refractivity (Wildman–Crippen MR) is 93.7 cm³/mol. The molecule has 1 atom stereocenters. The van der Waals surface area contributed by atoms with E-state index in [1.807, 2.05) is 42.2 Å². The zero-order valence-corrected chi connectivity index (χ0v) is 14.4. The molecule has 1 aromatic carbocycles. The molecule has 1 aliphatic heterocycles. The Morgan fingerprint density at radius 1 is 1.29 bits per heavy atom. The molecular formula is C16H21N5O2S. The highest BCUT2D eigenvalue weighted by molar-refractivity contribution is 7.91. The Hall–Kier alpha value is -2.22. The molecule has 1 aromatic heterocycles. The molecule has 1 fully saturated rings. The number of nitrogens with zero attached hydrogens (tertiary/aromatic N) is 4. The van der Waals surface area contributed by atoms with Crippen LogP contribution in [0.25, 0.3) is 0 Å². The normalized spacial score (nSPS) is 19.1. The standard InChI is InChI=1S/C16H21N5O2S/c1-2-21(14-8-9-24(22,23)12-14)16-19-15(11-18-20-16)17-10-13-6-4-3-5-7-13/h3-7,11,14H,2,8-10,12H2,1H3,(H,17,19,20). The molecule has 0 radical (unpaired) electrons. The Balaban J connectivity index is 1.71. The fourth-order valence-electron chi connectivity index (χ4n) is 2.87. The smallest absolute Gasteiger partial charge is 0.247 e. The van der Waals surface area contributed by atoms with Crippen LogP contribution in [0.3, 0.4) is 0 Å². The Morgan fingerprint density at radius 3 is 2.75 bits per heavy atom. The molecule has 1 saturated heterocycles. The van der Waals surface area contributed by atoms with Crippen molar-refractivity contribution < 1.29 is 8.42 Å². The van der Waals surface area contributed by atoms with Crippen LogP contribution < -0.4 is 10.2 Å². The fraction of sp³-hybridized carbons (Fsp3) is 0.438. The van der Waals surface area contributed by atoms with Crippen molar-refractivity contribution in [2.24, 2.45) is 0 Å². The van der Waals surface area contributed by atoms with Crippen LogP contribution in [0.15, 0.2) is 36.5 Å². The van der Waals surface area contributed by atoms with Crippen molar-refractivity contribution in [2.75, 3.05) is 28.3 Å². The lowest BCUT2D eigenvalue weighted by atomic mass is 10.2. The van der Waals surface area contributed by atoms with Gasteiger partial charge in [0, 0.05) is 19.1 Å². The summed E-state index contributed by atoms with van der Waals surface area (Å²) in [6, 6.07) is 9.93. The largest absolute Gasteiger partial charge is 0.365 e. The first kappa shape index (κ1) is 16.6. The number of hydrogen-bond acceptors (Lipinski definition) is 7. The minimum atomic E-state index is -2.95. The molecule has 0 saturated carbocycles. The van der Waals surface area contributed by atoms with E-state index < -0.39 is 9.84 Å². The highest BCUT2D eigenvalue weighted by atomic mass is 32.2. The summed E-state index contributed by atoms with van der Waals surface area (Å²) in [6.07, 6.45) is 2.19. The lowest BCUT2D eigenvalue weighted by molar-refractivity contribution is 0.598. The number of nitrogens with one attached hydrogen (secondary N) is 1. The summed E-state index contributed by atoms with van der Waals surface area (Å²) in [6.45, 7) is 3.26. The van der Waals surface area contributed by atoms with Gasteiger partial charge in [-0.3, -0.25) is 0 Å². The van der Waals surface area contributed by atoms with Crippen LogP contribution in [0.4, 0.5) is 11.8 Å². The fourth-order valence-corrected chi connectivity index (χ4v) is 4.60. The highest BCUT2D eigenvalue weighted by Gasteiger charge is 2.33.